The van der Waals surface area contributed by atoms with Gasteiger partial charge in [0.25, 0.3) is 0 Å². The van der Waals surface area contributed by atoms with E-state index in [1.807, 2.05) is 6.92 Å². The van der Waals surface area contributed by atoms with Crippen LogP contribution in [0.5, 0.6) is 0 Å². The quantitative estimate of drug-likeness (QED) is 0.427. The summed E-state index contributed by atoms with van der Waals surface area (Å²) in [5.41, 5.74) is 0. The Hall–Kier alpha value is -0.200. The van der Waals surface area contributed by atoms with Crippen LogP contribution in [0.15, 0.2) is 0 Å². The van der Waals surface area contributed by atoms with Gasteiger partial charge in [0.2, 0.25) is 12.1 Å². The summed E-state index contributed by atoms with van der Waals surface area (Å²) in [5.74, 6) is -1.06. The lowest BCUT2D eigenvalue weighted by Crippen LogP contribution is -2.17. The van der Waals surface area contributed by atoms with Gasteiger partial charge in [0.05, 0.1) is 26.4 Å². The number of aliphatic hydroxyl groups is 2. The molecular weight excluding hydrogens is 188 g/mol. The minimum absolute atomic E-state index is 0.0136. The number of ether oxygens (including phenoxy) is 3. The second-order valence-electron chi connectivity index (χ2n) is 3.25. The molecule has 1 saturated heterocycles. The first-order valence-corrected chi connectivity index (χ1v) is 4.93. The van der Waals surface area contributed by atoms with E-state index in [0.717, 1.165) is 6.42 Å². The molecule has 2 unspecified atom stereocenters. The van der Waals surface area contributed by atoms with E-state index in [9.17, 15) is 5.11 Å². The third kappa shape index (κ3) is 3.51. The molecule has 14 heavy (non-hydrogen) atoms. The summed E-state index contributed by atoms with van der Waals surface area (Å²) in [6, 6.07) is 0. The van der Waals surface area contributed by atoms with E-state index in [0.29, 0.717) is 26.2 Å². The van der Waals surface area contributed by atoms with Gasteiger partial charge in [-0.05, 0) is 0 Å². The summed E-state index contributed by atoms with van der Waals surface area (Å²) in [4.78, 5) is 0. The number of epoxide rings is 1. The topological polar surface area (TPSA) is 71.5 Å². The summed E-state index contributed by atoms with van der Waals surface area (Å²) in [6.07, 6.45) is 0.951. The Kier molecular flexibility index (Phi) is 4.77. The van der Waals surface area contributed by atoms with Gasteiger partial charge < -0.3 is 24.4 Å². The Morgan fingerprint density at radius 3 is 2.79 bits per heavy atom. The zero-order valence-corrected chi connectivity index (χ0v) is 8.44. The first kappa shape index (κ1) is 11.9. The summed E-state index contributed by atoms with van der Waals surface area (Å²) < 4.78 is 15.1. The minimum atomic E-state index is -1.06. The monoisotopic (exact) mass is 206 g/mol. The van der Waals surface area contributed by atoms with E-state index in [1.165, 1.54) is 0 Å². The second kappa shape index (κ2) is 5.63. The van der Waals surface area contributed by atoms with Crippen molar-refractivity contribution in [2.45, 2.75) is 31.8 Å². The van der Waals surface area contributed by atoms with Gasteiger partial charge in [-0.1, -0.05) is 13.3 Å². The summed E-state index contributed by atoms with van der Waals surface area (Å²) in [7, 11) is 0. The normalized spacial score (nSPS) is 30.6. The van der Waals surface area contributed by atoms with E-state index in [4.69, 9.17) is 19.3 Å². The zero-order valence-electron chi connectivity index (χ0n) is 8.44. The fourth-order valence-electron chi connectivity index (χ4n) is 1.23. The minimum Gasteiger partial charge on any atom is -0.394 e. The molecule has 0 aromatic rings. The maximum Gasteiger partial charge on any atom is 0.220 e. The van der Waals surface area contributed by atoms with Crippen molar-refractivity contribution in [3.05, 3.63) is 0 Å². The van der Waals surface area contributed by atoms with Gasteiger partial charge in [0.1, 0.15) is 0 Å². The van der Waals surface area contributed by atoms with Crippen molar-refractivity contribution in [1.29, 1.82) is 0 Å². The van der Waals surface area contributed by atoms with Gasteiger partial charge in [0.15, 0.2) is 0 Å². The molecule has 2 atom stereocenters. The van der Waals surface area contributed by atoms with Crippen molar-refractivity contribution in [3.8, 4) is 0 Å². The van der Waals surface area contributed by atoms with Gasteiger partial charge in [0, 0.05) is 6.42 Å². The van der Waals surface area contributed by atoms with Crippen molar-refractivity contribution in [2.24, 2.45) is 0 Å². The number of rotatable bonds is 8. The van der Waals surface area contributed by atoms with Crippen LogP contribution in [-0.4, -0.2) is 48.7 Å². The lowest BCUT2D eigenvalue weighted by molar-refractivity contribution is -0.00756. The molecule has 5 heteroatoms. The van der Waals surface area contributed by atoms with Crippen molar-refractivity contribution in [1.82, 2.24) is 0 Å². The lowest BCUT2D eigenvalue weighted by atomic mass is 10.2. The third-order valence-corrected chi connectivity index (χ3v) is 1.96. The van der Waals surface area contributed by atoms with Crippen LogP contribution in [0.2, 0.25) is 0 Å². The molecule has 0 aliphatic carbocycles. The second-order valence-corrected chi connectivity index (χ2v) is 3.25. The van der Waals surface area contributed by atoms with Crippen LogP contribution in [0.4, 0.5) is 0 Å². The molecule has 0 bridgehead atoms. The SMILES string of the molecule is CCCC1(O)OC1OCCOCCO. The van der Waals surface area contributed by atoms with Gasteiger partial charge in [-0.3, -0.25) is 0 Å². The Balaban J connectivity index is 1.94. The van der Waals surface area contributed by atoms with Gasteiger partial charge in [-0.25, -0.2) is 0 Å². The fraction of sp³-hybridized carbons (Fsp3) is 1.00. The van der Waals surface area contributed by atoms with Crippen LogP contribution in [0.3, 0.4) is 0 Å². The lowest BCUT2D eigenvalue weighted by Gasteiger charge is -2.04. The van der Waals surface area contributed by atoms with E-state index in [2.05, 4.69) is 0 Å². The molecule has 0 amide bonds. The average molecular weight is 206 g/mol. The van der Waals surface area contributed by atoms with E-state index < -0.39 is 12.1 Å². The number of hydrogen-bond donors (Lipinski definition) is 2. The molecule has 0 radical (unpaired) electrons. The highest BCUT2D eigenvalue weighted by atomic mass is 16.9. The Bertz CT molecular complexity index is 163. The van der Waals surface area contributed by atoms with Crippen molar-refractivity contribution < 1.29 is 24.4 Å². The maximum atomic E-state index is 9.56. The molecule has 1 aliphatic heterocycles. The molecule has 0 aromatic heterocycles. The molecule has 1 fully saturated rings. The van der Waals surface area contributed by atoms with Crippen LogP contribution in [0.25, 0.3) is 0 Å². The van der Waals surface area contributed by atoms with E-state index in [-0.39, 0.29) is 6.61 Å². The molecule has 5 nitrogen and oxygen atoms in total. The fourth-order valence-corrected chi connectivity index (χ4v) is 1.23. The van der Waals surface area contributed by atoms with Crippen LogP contribution in [0.1, 0.15) is 19.8 Å². The standard InChI is InChI=1S/C9H18O5/c1-2-3-9(11)8(14-9)13-7-6-12-5-4-10/h8,10-11H,2-7H2,1H3. The van der Waals surface area contributed by atoms with Crippen LogP contribution in [-0.2, 0) is 14.2 Å². The predicted molar refractivity (Wildman–Crippen MR) is 48.6 cm³/mol. The van der Waals surface area contributed by atoms with E-state index >= 15 is 0 Å². The molecule has 0 spiro atoms. The van der Waals surface area contributed by atoms with Crippen LogP contribution < -0.4 is 0 Å². The average Bonchev–Trinajstić information content (AvgIpc) is 2.77. The third-order valence-electron chi connectivity index (χ3n) is 1.96. The summed E-state index contributed by atoms with van der Waals surface area (Å²) in [5, 5.41) is 18.0. The summed E-state index contributed by atoms with van der Waals surface area (Å²) >= 11 is 0. The Morgan fingerprint density at radius 2 is 2.14 bits per heavy atom. The first-order chi connectivity index (χ1) is 6.73. The van der Waals surface area contributed by atoms with Crippen molar-refractivity contribution in [3.63, 3.8) is 0 Å². The highest BCUT2D eigenvalue weighted by molar-refractivity contribution is 4.85. The summed E-state index contributed by atoms with van der Waals surface area (Å²) in [6.45, 7) is 3.08. The van der Waals surface area contributed by atoms with Crippen LogP contribution >= 0.6 is 0 Å². The van der Waals surface area contributed by atoms with Gasteiger partial charge in [-0.15, -0.1) is 0 Å². The maximum absolute atomic E-state index is 9.56. The molecule has 0 saturated carbocycles. The largest absolute Gasteiger partial charge is 0.394 e. The van der Waals surface area contributed by atoms with E-state index in [1.54, 1.807) is 0 Å². The van der Waals surface area contributed by atoms with Gasteiger partial charge in [-0.2, -0.15) is 0 Å². The highest BCUT2D eigenvalue weighted by Crippen LogP contribution is 2.38. The highest BCUT2D eigenvalue weighted by Gasteiger charge is 2.55. The van der Waals surface area contributed by atoms with Gasteiger partial charge >= 0.3 is 0 Å². The number of hydrogen-bond acceptors (Lipinski definition) is 5. The Labute approximate surface area is 83.6 Å². The molecule has 1 heterocycles. The smallest absolute Gasteiger partial charge is 0.220 e. The number of aliphatic hydroxyl groups excluding tert-OH is 1. The molecule has 1 rings (SSSR count). The molecule has 0 aromatic carbocycles. The van der Waals surface area contributed by atoms with Crippen LogP contribution in [0, 0.1) is 0 Å². The molecule has 1 aliphatic rings. The molecular formula is C9H18O5. The van der Waals surface area contributed by atoms with Crippen molar-refractivity contribution >= 4 is 0 Å². The molecule has 2 N–H and O–H groups in total. The van der Waals surface area contributed by atoms with Crippen molar-refractivity contribution in [2.75, 3.05) is 26.4 Å². The predicted octanol–water partition coefficient (Wildman–Crippen LogP) is -0.143. The Morgan fingerprint density at radius 1 is 1.36 bits per heavy atom. The first-order valence-electron chi connectivity index (χ1n) is 4.93. The molecule has 84 valence electrons. The zero-order chi connectivity index (χ0) is 10.4.